The van der Waals surface area contributed by atoms with Crippen LogP contribution in [-0.2, 0) is 6.42 Å². The van der Waals surface area contributed by atoms with Crippen molar-refractivity contribution in [3.05, 3.63) is 63.9 Å². The van der Waals surface area contributed by atoms with E-state index in [0.717, 1.165) is 16.6 Å². The second-order valence-electron chi connectivity index (χ2n) is 4.38. The molecular formula is C15H15BrClN. The van der Waals surface area contributed by atoms with E-state index in [9.17, 15) is 0 Å². The van der Waals surface area contributed by atoms with Gasteiger partial charge in [-0.2, -0.15) is 0 Å². The van der Waals surface area contributed by atoms with Crippen LogP contribution in [0.5, 0.6) is 0 Å². The van der Waals surface area contributed by atoms with Crippen LogP contribution in [0.2, 0.25) is 0 Å². The van der Waals surface area contributed by atoms with Gasteiger partial charge in [-0.05, 0) is 52.5 Å². The van der Waals surface area contributed by atoms with Gasteiger partial charge in [-0.3, -0.25) is 4.98 Å². The van der Waals surface area contributed by atoms with Crippen molar-refractivity contribution in [2.24, 2.45) is 0 Å². The highest BCUT2D eigenvalue weighted by atomic mass is 79.9. The molecule has 1 atom stereocenters. The Morgan fingerprint density at radius 1 is 1.22 bits per heavy atom. The largest absolute Gasteiger partial charge is 0.260 e. The molecular weight excluding hydrogens is 310 g/mol. The topological polar surface area (TPSA) is 12.9 Å². The first-order chi connectivity index (χ1) is 8.70. The SMILES string of the molecule is Cc1ccccc1C(CCl)Cc1ccc(Br)cn1. The monoisotopic (exact) mass is 323 g/mol. The Labute approximate surface area is 121 Å². The van der Waals surface area contributed by atoms with E-state index >= 15 is 0 Å². The van der Waals surface area contributed by atoms with Crippen LogP contribution in [0.15, 0.2) is 47.1 Å². The molecule has 0 bridgehead atoms. The van der Waals surface area contributed by atoms with Gasteiger partial charge < -0.3 is 0 Å². The maximum atomic E-state index is 6.12. The molecule has 0 N–H and O–H groups in total. The highest BCUT2D eigenvalue weighted by Gasteiger charge is 2.13. The molecule has 0 radical (unpaired) electrons. The molecule has 1 heterocycles. The standard InChI is InChI=1S/C15H15BrClN/c1-11-4-2-3-5-15(11)12(9-17)8-14-7-6-13(16)10-18-14/h2-7,10,12H,8-9H2,1H3. The number of nitrogens with zero attached hydrogens (tertiary/aromatic N) is 1. The van der Waals surface area contributed by atoms with Gasteiger partial charge in [0.2, 0.25) is 0 Å². The second kappa shape index (κ2) is 6.35. The Morgan fingerprint density at radius 2 is 2.00 bits per heavy atom. The number of alkyl halides is 1. The predicted molar refractivity (Wildman–Crippen MR) is 80.3 cm³/mol. The van der Waals surface area contributed by atoms with Crippen molar-refractivity contribution < 1.29 is 0 Å². The van der Waals surface area contributed by atoms with Gasteiger partial charge in [-0.25, -0.2) is 0 Å². The summed E-state index contributed by atoms with van der Waals surface area (Å²) in [5.41, 5.74) is 3.68. The molecule has 1 nitrogen and oxygen atoms in total. The molecule has 2 aromatic rings. The predicted octanol–water partition coefficient (Wildman–Crippen LogP) is 4.72. The van der Waals surface area contributed by atoms with Crippen molar-refractivity contribution in [2.75, 3.05) is 5.88 Å². The lowest BCUT2D eigenvalue weighted by Crippen LogP contribution is -2.07. The van der Waals surface area contributed by atoms with E-state index in [-0.39, 0.29) is 0 Å². The van der Waals surface area contributed by atoms with E-state index in [2.05, 4.69) is 52.1 Å². The van der Waals surface area contributed by atoms with Gasteiger partial charge in [0.15, 0.2) is 0 Å². The zero-order valence-electron chi connectivity index (χ0n) is 10.2. The summed E-state index contributed by atoms with van der Waals surface area (Å²) < 4.78 is 1.00. The first-order valence-electron chi connectivity index (χ1n) is 5.92. The Kier molecular flexibility index (Phi) is 4.79. The number of pyridine rings is 1. The maximum absolute atomic E-state index is 6.12. The van der Waals surface area contributed by atoms with Crippen molar-refractivity contribution in [3.8, 4) is 0 Å². The minimum atomic E-state index is 0.321. The molecule has 0 aliphatic heterocycles. The summed E-state index contributed by atoms with van der Waals surface area (Å²) in [4.78, 5) is 4.42. The van der Waals surface area contributed by atoms with E-state index in [4.69, 9.17) is 11.6 Å². The van der Waals surface area contributed by atoms with Crippen molar-refractivity contribution >= 4 is 27.5 Å². The Bertz CT molecular complexity index is 510. The average molecular weight is 325 g/mol. The molecule has 0 fully saturated rings. The van der Waals surface area contributed by atoms with Crippen LogP contribution < -0.4 is 0 Å². The van der Waals surface area contributed by atoms with Gasteiger partial charge in [-0.1, -0.05) is 24.3 Å². The summed E-state index contributed by atoms with van der Waals surface area (Å²) in [6, 6.07) is 12.5. The summed E-state index contributed by atoms with van der Waals surface area (Å²) in [6.07, 6.45) is 2.71. The Hall–Kier alpha value is -0.860. The van der Waals surface area contributed by atoms with Gasteiger partial charge >= 0.3 is 0 Å². The number of aryl methyl sites for hydroxylation is 1. The highest BCUT2D eigenvalue weighted by Crippen LogP contribution is 2.24. The molecule has 0 saturated heterocycles. The molecule has 18 heavy (non-hydrogen) atoms. The molecule has 3 heteroatoms. The number of aromatic nitrogens is 1. The van der Waals surface area contributed by atoms with Crippen LogP contribution in [0.4, 0.5) is 0 Å². The normalized spacial score (nSPS) is 12.4. The van der Waals surface area contributed by atoms with Crippen molar-refractivity contribution in [3.63, 3.8) is 0 Å². The van der Waals surface area contributed by atoms with E-state index in [1.165, 1.54) is 11.1 Å². The summed E-state index contributed by atoms with van der Waals surface area (Å²) in [6.45, 7) is 2.13. The van der Waals surface area contributed by atoms with Crippen molar-refractivity contribution in [1.82, 2.24) is 4.98 Å². The van der Waals surface area contributed by atoms with Crippen LogP contribution in [-0.4, -0.2) is 10.9 Å². The lowest BCUT2D eigenvalue weighted by atomic mass is 9.92. The smallest absolute Gasteiger partial charge is 0.0413 e. The van der Waals surface area contributed by atoms with Crippen LogP contribution in [0, 0.1) is 6.92 Å². The number of rotatable bonds is 4. The molecule has 0 spiro atoms. The molecule has 0 aliphatic carbocycles. The van der Waals surface area contributed by atoms with Crippen LogP contribution in [0.3, 0.4) is 0 Å². The number of benzene rings is 1. The summed E-state index contributed by atoms with van der Waals surface area (Å²) in [5.74, 6) is 0.935. The van der Waals surface area contributed by atoms with Crippen LogP contribution in [0.25, 0.3) is 0 Å². The van der Waals surface area contributed by atoms with E-state index in [1.54, 1.807) is 0 Å². The molecule has 1 aromatic carbocycles. The molecule has 0 aliphatic rings. The third-order valence-corrected chi connectivity index (χ3v) is 3.90. The summed E-state index contributed by atoms with van der Waals surface area (Å²) >= 11 is 9.51. The van der Waals surface area contributed by atoms with Crippen molar-refractivity contribution in [1.29, 1.82) is 0 Å². The zero-order chi connectivity index (χ0) is 13.0. The fourth-order valence-electron chi connectivity index (χ4n) is 2.07. The molecule has 1 aromatic heterocycles. The highest BCUT2D eigenvalue weighted by molar-refractivity contribution is 9.10. The fraction of sp³-hybridized carbons (Fsp3) is 0.267. The first-order valence-corrected chi connectivity index (χ1v) is 7.25. The Morgan fingerprint density at radius 3 is 2.61 bits per heavy atom. The van der Waals surface area contributed by atoms with Gasteiger partial charge in [-0.15, -0.1) is 11.6 Å². The third kappa shape index (κ3) is 3.33. The lowest BCUT2D eigenvalue weighted by Gasteiger charge is -2.16. The van der Waals surface area contributed by atoms with Gasteiger partial charge in [0.05, 0.1) is 0 Å². The number of hydrogen-bond acceptors (Lipinski definition) is 1. The lowest BCUT2D eigenvalue weighted by molar-refractivity contribution is 0.741. The van der Waals surface area contributed by atoms with E-state index in [0.29, 0.717) is 11.8 Å². The van der Waals surface area contributed by atoms with Gasteiger partial charge in [0, 0.05) is 28.2 Å². The Balaban J connectivity index is 2.20. The molecule has 94 valence electrons. The van der Waals surface area contributed by atoms with Crippen LogP contribution >= 0.6 is 27.5 Å². The second-order valence-corrected chi connectivity index (χ2v) is 5.60. The number of hydrogen-bond donors (Lipinski definition) is 0. The van der Waals surface area contributed by atoms with Gasteiger partial charge in [0.1, 0.15) is 0 Å². The molecule has 0 saturated carbocycles. The summed E-state index contributed by atoms with van der Waals surface area (Å²) in [5, 5.41) is 0. The first kappa shape index (κ1) is 13.6. The van der Waals surface area contributed by atoms with Gasteiger partial charge in [0.25, 0.3) is 0 Å². The third-order valence-electron chi connectivity index (χ3n) is 3.06. The maximum Gasteiger partial charge on any atom is 0.0413 e. The molecule has 2 rings (SSSR count). The minimum Gasteiger partial charge on any atom is -0.260 e. The summed E-state index contributed by atoms with van der Waals surface area (Å²) in [7, 11) is 0. The molecule has 1 unspecified atom stereocenters. The number of halogens is 2. The van der Waals surface area contributed by atoms with E-state index in [1.807, 2.05) is 18.3 Å². The minimum absolute atomic E-state index is 0.321. The molecule has 0 amide bonds. The van der Waals surface area contributed by atoms with Crippen molar-refractivity contribution in [2.45, 2.75) is 19.3 Å². The average Bonchev–Trinajstić information content (AvgIpc) is 2.39. The zero-order valence-corrected chi connectivity index (χ0v) is 12.6. The quantitative estimate of drug-likeness (QED) is 0.742. The van der Waals surface area contributed by atoms with E-state index < -0.39 is 0 Å². The van der Waals surface area contributed by atoms with Crippen LogP contribution in [0.1, 0.15) is 22.7 Å². The fourth-order valence-corrected chi connectivity index (χ4v) is 2.58.